The van der Waals surface area contributed by atoms with Crippen LogP contribution in [0.4, 0.5) is 4.39 Å². The van der Waals surface area contributed by atoms with Gasteiger partial charge in [-0.05, 0) is 36.9 Å². The van der Waals surface area contributed by atoms with Crippen LogP contribution in [0.5, 0.6) is 0 Å². The molecule has 2 rings (SSSR count). The standard InChI is InChI=1S/C11H14FNS/c12-10-6-2-3-7-11(10)14-13-8-4-1-5-9-13/h2-3,6-7H,1,4-5,8-9H2. The second-order valence-corrected chi connectivity index (χ2v) is 4.65. The smallest absolute Gasteiger partial charge is 0.138 e. The average Bonchev–Trinajstić information content (AvgIpc) is 2.23. The summed E-state index contributed by atoms with van der Waals surface area (Å²) in [4.78, 5) is 0.745. The summed E-state index contributed by atoms with van der Waals surface area (Å²) in [5, 5.41) is 0. The van der Waals surface area contributed by atoms with Crippen molar-refractivity contribution < 1.29 is 4.39 Å². The highest BCUT2D eigenvalue weighted by Crippen LogP contribution is 2.27. The molecule has 1 nitrogen and oxygen atoms in total. The number of rotatable bonds is 2. The van der Waals surface area contributed by atoms with Gasteiger partial charge in [0.1, 0.15) is 5.82 Å². The number of hydrogen-bond acceptors (Lipinski definition) is 2. The number of piperidine rings is 1. The first-order valence-electron chi connectivity index (χ1n) is 5.04. The van der Waals surface area contributed by atoms with Crippen LogP contribution in [0.2, 0.25) is 0 Å². The molecule has 1 heterocycles. The van der Waals surface area contributed by atoms with Gasteiger partial charge >= 0.3 is 0 Å². The molecular formula is C11H14FNS. The molecule has 0 unspecified atom stereocenters. The predicted molar refractivity (Wildman–Crippen MR) is 57.7 cm³/mol. The zero-order chi connectivity index (χ0) is 9.80. The third-order valence-electron chi connectivity index (χ3n) is 2.38. The first-order valence-corrected chi connectivity index (χ1v) is 5.81. The zero-order valence-corrected chi connectivity index (χ0v) is 8.89. The Labute approximate surface area is 88.4 Å². The maximum Gasteiger partial charge on any atom is 0.138 e. The topological polar surface area (TPSA) is 3.24 Å². The van der Waals surface area contributed by atoms with Crippen molar-refractivity contribution in [2.24, 2.45) is 0 Å². The van der Waals surface area contributed by atoms with E-state index < -0.39 is 0 Å². The lowest BCUT2D eigenvalue weighted by Crippen LogP contribution is -2.22. The third kappa shape index (κ3) is 2.49. The van der Waals surface area contributed by atoms with Crippen molar-refractivity contribution in [1.82, 2.24) is 4.31 Å². The van der Waals surface area contributed by atoms with E-state index in [4.69, 9.17) is 0 Å². The monoisotopic (exact) mass is 211 g/mol. The number of halogens is 1. The van der Waals surface area contributed by atoms with Crippen LogP contribution in [-0.4, -0.2) is 17.4 Å². The quantitative estimate of drug-likeness (QED) is 0.690. The Morgan fingerprint density at radius 2 is 1.79 bits per heavy atom. The fourth-order valence-electron chi connectivity index (χ4n) is 1.61. The van der Waals surface area contributed by atoms with Crippen molar-refractivity contribution in [3.63, 3.8) is 0 Å². The Kier molecular flexibility index (Phi) is 3.43. The van der Waals surface area contributed by atoms with Gasteiger partial charge in [0.2, 0.25) is 0 Å². The highest BCUT2D eigenvalue weighted by molar-refractivity contribution is 7.97. The number of hydrogen-bond donors (Lipinski definition) is 0. The first kappa shape index (κ1) is 9.99. The van der Waals surface area contributed by atoms with Gasteiger partial charge in [0.15, 0.2) is 0 Å². The van der Waals surface area contributed by atoms with Crippen LogP contribution in [0.3, 0.4) is 0 Å². The van der Waals surface area contributed by atoms with Crippen LogP contribution >= 0.6 is 11.9 Å². The maximum absolute atomic E-state index is 13.3. The van der Waals surface area contributed by atoms with Crippen LogP contribution in [0.1, 0.15) is 19.3 Å². The molecule has 0 radical (unpaired) electrons. The molecule has 76 valence electrons. The molecule has 0 atom stereocenters. The molecule has 14 heavy (non-hydrogen) atoms. The normalized spacial score (nSPS) is 18.4. The summed E-state index contributed by atoms with van der Waals surface area (Å²) in [5.41, 5.74) is 0. The Morgan fingerprint density at radius 3 is 2.50 bits per heavy atom. The van der Waals surface area contributed by atoms with E-state index in [0.29, 0.717) is 0 Å². The van der Waals surface area contributed by atoms with Crippen molar-refractivity contribution in [3.8, 4) is 0 Å². The molecule has 1 aromatic rings. The van der Waals surface area contributed by atoms with Crippen molar-refractivity contribution in [1.29, 1.82) is 0 Å². The van der Waals surface area contributed by atoms with Gasteiger partial charge in [-0.1, -0.05) is 18.6 Å². The molecule has 1 fully saturated rings. The van der Waals surface area contributed by atoms with E-state index in [1.165, 1.54) is 25.3 Å². The SMILES string of the molecule is Fc1ccccc1SN1CCCCC1. The molecule has 0 saturated carbocycles. The van der Waals surface area contributed by atoms with E-state index >= 15 is 0 Å². The molecule has 0 aromatic heterocycles. The molecule has 1 aliphatic rings. The molecule has 0 aliphatic carbocycles. The van der Waals surface area contributed by atoms with E-state index in [1.807, 2.05) is 12.1 Å². The fraction of sp³-hybridized carbons (Fsp3) is 0.455. The summed E-state index contributed by atoms with van der Waals surface area (Å²) in [5.74, 6) is -0.108. The lowest BCUT2D eigenvalue weighted by Gasteiger charge is -2.25. The average molecular weight is 211 g/mol. The van der Waals surface area contributed by atoms with E-state index in [9.17, 15) is 4.39 Å². The van der Waals surface area contributed by atoms with Crippen molar-refractivity contribution in [2.45, 2.75) is 24.2 Å². The minimum atomic E-state index is -0.108. The van der Waals surface area contributed by atoms with Crippen LogP contribution in [-0.2, 0) is 0 Å². The van der Waals surface area contributed by atoms with E-state index in [-0.39, 0.29) is 5.82 Å². The van der Waals surface area contributed by atoms with Gasteiger partial charge < -0.3 is 0 Å². The summed E-state index contributed by atoms with van der Waals surface area (Å²) in [6, 6.07) is 6.98. The van der Waals surface area contributed by atoms with Crippen LogP contribution in [0, 0.1) is 5.82 Å². The molecule has 0 bridgehead atoms. The zero-order valence-electron chi connectivity index (χ0n) is 8.08. The summed E-state index contributed by atoms with van der Waals surface area (Å²) in [6.45, 7) is 2.16. The van der Waals surface area contributed by atoms with E-state index in [1.54, 1.807) is 18.0 Å². The Morgan fingerprint density at radius 1 is 1.07 bits per heavy atom. The summed E-state index contributed by atoms with van der Waals surface area (Å²) in [6.07, 6.45) is 3.79. The summed E-state index contributed by atoms with van der Waals surface area (Å²) in [7, 11) is 0. The van der Waals surface area contributed by atoms with Gasteiger partial charge in [-0.25, -0.2) is 8.70 Å². The molecule has 0 N–H and O–H groups in total. The second kappa shape index (κ2) is 4.80. The molecule has 3 heteroatoms. The minimum absolute atomic E-state index is 0.108. The van der Waals surface area contributed by atoms with Crippen LogP contribution < -0.4 is 0 Å². The molecule has 0 spiro atoms. The molecule has 1 saturated heterocycles. The van der Waals surface area contributed by atoms with Crippen LogP contribution in [0.25, 0.3) is 0 Å². The summed E-state index contributed by atoms with van der Waals surface area (Å²) < 4.78 is 15.5. The Balaban J connectivity index is 1.99. The minimum Gasteiger partial charge on any atom is -0.246 e. The van der Waals surface area contributed by atoms with Gasteiger partial charge in [-0.2, -0.15) is 0 Å². The molecule has 0 amide bonds. The highest BCUT2D eigenvalue weighted by atomic mass is 32.2. The summed E-state index contributed by atoms with van der Waals surface area (Å²) >= 11 is 1.55. The lowest BCUT2D eigenvalue weighted by molar-refractivity contribution is 0.380. The van der Waals surface area contributed by atoms with Gasteiger partial charge in [0.05, 0.1) is 4.90 Å². The van der Waals surface area contributed by atoms with E-state index in [2.05, 4.69) is 4.31 Å². The molecule has 1 aliphatic heterocycles. The largest absolute Gasteiger partial charge is 0.246 e. The van der Waals surface area contributed by atoms with E-state index in [0.717, 1.165) is 18.0 Å². The van der Waals surface area contributed by atoms with Gasteiger partial charge in [-0.3, -0.25) is 0 Å². The maximum atomic E-state index is 13.3. The first-order chi connectivity index (χ1) is 6.86. The van der Waals surface area contributed by atoms with Gasteiger partial charge in [0.25, 0.3) is 0 Å². The second-order valence-electron chi connectivity index (χ2n) is 3.51. The Hall–Kier alpha value is -0.540. The highest BCUT2D eigenvalue weighted by Gasteiger charge is 2.12. The predicted octanol–water partition coefficient (Wildman–Crippen LogP) is 3.32. The van der Waals surface area contributed by atoms with Gasteiger partial charge in [-0.15, -0.1) is 0 Å². The van der Waals surface area contributed by atoms with Crippen molar-refractivity contribution in [3.05, 3.63) is 30.1 Å². The fourth-order valence-corrected chi connectivity index (χ4v) is 2.63. The van der Waals surface area contributed by atoms with Gasteiger partial charge in [0, 0.05) is 13.1 Å². The van der Waals surface area contributed by atoms with Crippen molar-refractivity contribution >= 4 is 11.9 Å². The molecular weight excluding hydrogens is 197 g/mol. The number of benzene rings is 1. The molecule has 1 aromatic carbocycles. The number of nitrogens with zero attached hydrogens (tertiary/aromatic N) is 1. The lowest BCUT2D eigenvalue weighted by atomic mass is 10.2. The Bertz CT molecular complexity index is 297. The van der Waals surface area contributed by atoms with Crippen LogP contribution in [0.15, 0.2) is 29.2 Å². The third-order valence-corrected chi connectivity index (χ3v) is 3.53. The van der Waals surface area contributed by atoms with Crippen molar-refractivity contribution in [2.75, 3.05) is 13.1 Å².